The number of hydrogen-bond donors (Lipinski definition) is 0. The summed E-state index contributed by atoms with van der Waals surface area (Å²) in [4.78, 5) is 14.7. The van der Waals surface area contributed by atoms with Crippen molar-refractivity contribution < 1.29 is 9.53 Å². The van der Waals surface area contributed by atoms with E-state index in [4.69, 9.17) is 4.74 Å². The summed E-state index contributed by atoms with van der Waals surface area (Å²) < 4.78 is 5.02. The van der Waals surface area contributed by atoms with Crippen LogP contribution < -0.4 is 0 Å². The molecule has 0 bridgehead atoms. The van der Waals surface area contributed by atoms with Crippen molar-refractivity contribution in [1.29, 1.82) is 0 Å². The highest BCUT2D eigenvalue weighted by Crippen LogP contribution is 2.32. The minimum Gasteiger partial charge on any atom is -0.469 e. The van der Waals surface area contributed by atoms with Crippen LogP contribution in [0.3, 0.4) is 0 Å². The van der Waals surface area contributed by atoms with E-state index in [1.807, 2.05) is 0 Å². The molecule has 3 rings (SSSR count). The fourth-order valence-electron chi connectivity index (χ4n) is 4.32. The van der Waals surface area contributed by atoms with Crippen LogP contribution in [0.1, 0.15) is 37.3 Å². The van der Waals surface area contributed by atoms with Crippen LogP contribution >= 0.6 is 0 Å². The Balaban J connectivity index is 1.82. The molecule has 28 heavy (non-hydrogen) atoms. The largest absolute Gasteiger partial charge is 0.469 e. The van der Waals surface area contributed by atoms with Crippen molar-refractivity contribution in [3.63, 3.8) is 0 Å². The Labute approximate surface area is 169 Å². The first-order chi connectivity index (χ1) is 13.7. The Morgan fingerprint density at radius 1 is 1.04 bits per heavy atom. The molecule has 0 fully saturated rings. The van der Waals surface area contributed by atoms with Crippen LogP contribution in [0, 0.1) is 11.8 Å². The maximum absolute atomic E-state index is 12.1. The third-order valence-electron chi connectivity index (χ3n) is 5.73. The van der Waals surface area contributed by atoms with E-state index in [2.05, 4.69) is 84.6 Å². The van der Waals surface area contributed by atoms with Gasteiger partial charge in [-0.3, -0.25) is 9.69 Å². The van der Waals surface area contributed by atoms with Gasteiger partial charge in [-0.25, -0.2) is 0 Å². The summed E-state index contributed by atoms with van der Waals surface area (Å²) in [5.74, 6) is 0.251. The normalized spacial score (nSPS) is 20.1. The van der Waals surface area contributed by atoms with Crippen molar-refractivity contribution in [3.05, 3.63) is 83.9 Å². The van der Waals surface area contributed by atoms with Crippen molar-refractivity contribution in [3.8, 4) is 0 Å². The van der Waals surface area contributed by atoms with Gasteiger partial charge >= 0.3 is 5.97 Å². The second-order valence-electron chi connectivity index (χ2n) is 7.64. The summed E-state index contributed by atoms with van der Waals surface area (Å²) in [6, 6.07) is 21.7. The summed E-state index contributed by atoms with van der Waals surface area (Å²) in [5, 5.41) is 0. The molecule has 1 aliphatic carbocycles. The SMILES string of the molecule is CC[C@@H]([C@H]1C=CC[C@@H](C(=O)OC)C1)N(Cc1ccccc1)Cc1ccccc1. The second kappa shape index (κ2) is 10.2. The van der Waals surface area contributed by atoms with Crippen molar-refractivity contribution in [1.82, 2.24) is 4.90 Å². The Morgan fingerprint density at radius 2 is 1.61 bits per heavy atom. The molecular formula is C25H31NO2. The molecule has 0 radical (unpaired) electrons. The standard InChI is InChI=1S/C25H31NO2/c1-3-24(22-15-10-16-23(17-22)25(27)28-2)26(18-20-11-6-4-7-12-20)19-21-13-8-5-9-14-21/h4-15,22-24H,3,16-19H2,1-2H3/t22-,23+,24-/m0/s1. The number of benzene rings is 2. The van der Waals surface area contributed by atoms with Gasteiger partial charge in [0.15, 0.2) is 0 Å². The van der Waals surface area contributed by atoms with Crippen LogP contribution in [0.25, 0.3) is 0 Å². The summed E-state index contributed by atoms with van der Waals surface area (Å²) in [6.45, 7) is 4.06. The number of allylic oxidation sites excluding steroid dienone is 1. The van der Waals surface area contributed by atoms with Crippen molar-refractivity contribution in [2.24, 2.45) is 11.8 Å². The zero-order chi connectivity index (χ0) is 19.8. The molecule has 0 N–H and O–H groups in total. The summed E-state index contributed by atoms with van der Waals surface area (Å²) in [5.41, 5.74) is 2.64. The van der Waals surface area contributed by atoms with E-state index in [-0.39, 0.29) is 11.9 Å². The molecule has 3 atom stereocenters. The third kappa shape index (κ3) is 5.32. The number of esters is 1. The number of carbonyl (C=O) groups excluding carboxylic acids is 1. The molecule has 3 heteroatoms. The van der Waals surface area contributed by atoms with E-state index < -0.39 is 0 Å². The average Bonchev–Trinajstić information content (AvgIpc) is 2.75. The quantitative estimate of drug-likeness (QED) is 0.466. The molecule has 0 aromatic heterocycles. The van der Waals surface area contributed by atoms with Gasteiger partial charge in [-0.2, -0.15) is 0 Å². The maximum atomic E-state index is 12.1. The van der Waals surface area contributed by atoms with Crippen LogP contribution in [0.4, 0.5) is 0 Å². The lowest BCUT2D eigenvalue weighted by molar-refractivity contribution is -0.146. The molecule has 0 saturated carbocycles. The molecule has 3 nitrogen and oxygen atoms in total. The third-order valence-corrected chi connectivity index (χ3v) is 5.73. The molecule has 0 heterocycles. The summed E-state index contributed by atoms with van der Waals surface area (Å²) in [7, 11) is 1.49. The molecule has 2 aromatic carbocycles. The topological polar surface area (TPSA) is 29.5 Å². The maximum Gasteiger partial charge on any atom is 0.308 e. The number of hydrogen-bond acceptors (Lipinski definition) is 3. The molecule has 2 aromatic rings. The Kier molecular flexibility index (Phi) is 7.44. The molecule has 148 valence electrons. The van der Waals surface area contributed by atoms with Crippen LogP contribution in [0.15, 0.2) is 72.8 Å². The minimum absolute atomic E-state index is 0.0237. The first kappa shape index (κ1) is 20.3. The van der Waals surface area contributed by atoms with Crippen molar-refractivity contribution >= 4 is 5.97 Å². The molecule has 0 unspecified atom stereocenters. The molecule has 0 amide bonds. The number of nitrogens with zero attached hydrogens (tertiary/aromatic N) is 1. The highest BCUT2D eigenvalue weighted by atomic mass is 16.5. The van der Waals surface area contributed by atoms with Crippen LogP contribution in [0.5, 0.6) is 0 Å². The highest BCUT2D eigenvalue weighted by Gasteiger charge is 2.32. The van der Waals surface area contributed by atoms with E-state index >= 15 is 0 Å². The average molecular weight is 378 g/mol. The van der Waals surface area contributed by atoms with Crippen molar-refractivity contribution in [2.45, 2.75) is 45.3 Å². The fourth-order valence-corrected chi connectivity index (χ4v) is 4.32. The van der Waals surface area contributed by atoms with E-state index in [0.29, 0.717) is 12.0 Å². The monoisotopic (exact) mass is 377 g/mol. The Hall–Kier alpha value is -2.39. The van der Waals surface area contributed by atoms with E-state index in [0.717, 1.165) is 32.4 Å². The zero-order valence-electron chi connectivity index (χ0n) is 17.0. The molecule has 0 saturated heterocycles. The van der Waals surface area contributed by atoms with Gasteiger partial charge in [0.25, 0.3) is 0 Å². The highest BCUT2D eigenvalue weighted by molar-refractivity contribution is 5.72. The van der Waals surface area contributed by atoms with Gasteiger partial charge < -0.3 is 4.74 Å². The minimum atomic E-state index is -0.0816. The van der Waals surface area contributed by atoms with Crippen molar-refractivity contribution in [2.75, 3.05) is 7.11 Å². The lowest BCUT2D eigenvalue weighted by Gasteiger charge is -2.38. The molecule has 0 spiro atoms. The van der Waals surface area contributed by atoms with Crippen LogP contribution in [-0.4, -0.2) is 24.0 Å². The van der Waals surface area contributed by atoms with Gasteiger partial charge in [0.2, 0.25) is 0 Å². The van der Waals surface area contributed by atoms with Gasteiger partial charge in [0.1, 0.15) is 0 Å². The van der Waals surface area contributed by atoms with Gasteiger partial charge in [-0.05, 0) is 36.3 Å². The molecular weight excluding hydrogens is 346 g/mol. The Bertz CT molecular complexity index is 715. The fraction of sp³-hybridized carbons (Fsp3) is 0.400. The number of carbonyl (C=O) groups is 1. The number of ether oxygens (including phenoxy) is 1. The van der Waals surface area contributed by atoms with Crippen LogP contribution in [-0.2, 0) is 22.6 Å². The zero-order valence-corrected chi connectivity index (χ0v) is 17.0. The molecule has 1 aliphatic rings. The summed E-state index contributed by atoms with van der Waals surface area (Å²) in [6.07, 6.45) is 7.18. The Morgan fingerprint density at radius 3 is 2.11 bits per heavy atom. The lowest BCUT2D eigenvalue weighted by Crippen LogP contribution is -2.41. The van der Waals surface area contributed by atoms with E-state index in [1.165, 1.54) is 18.2 Å². The molecule has 0 aliphatic heterocycles. The van der Waals surface area contributed by atoms with Gasteiger partial charge in [-0.1, -0.05) is 79.7 Å². The number of methoxy groups -OCH3 is 1. The summed E-state index contributed by atoms with van der Waals surface area (Å²) >= 11 is 0. The second-order valence-corrected chi connectivity index (χ2v) is 7.64. The first-order valence-electron chi connectivity index (χ1n) is 10.3. The van der Waals surface area contributed by atoms with Gasteiger partial charge in [-0.15, -0.1) is 0 Å². The van der Waals surface area contributed by atoms with Gasteiger partial charge in [0, 0.05) is 19.1 Å². The predicted octanol–water partition coefficient (Wildman–Crippen LogP) is 5.22. The number of rotatable bonds is 8. The smallest absolute Gasteiger partial charge is 0.308 e. The van der Waals surface area contributed by atoms with Gasteiger partial charge in [0.05, 0.1) is 13.0 Å². The first-order valence-corrected chi connectivity index (χ1v) is 10.3. The van der Waals surface area contributed by atoms with E-state index in [9.17, 15) is 4.79 Å². The van der Waals surface area contributed by atoms with E-state index in [1.54, 1.807) is 0 Å². The van der Waals surface area contributed by atoms with Crippen LogP contribution in [0.2, 0.25) is 0 Å². The lowest BCUT2D eigenvalue weighted by atomic mass is 9.81. The predicted molar refractivity (Wildman–Crippen MR) is 114 cm³/mol.